The summed E-state index contributed by atoms with van der Waals surface area (Å²) < 4.78 is 13.2. The van der Waals surface area contributed by atoms with E-state index in [2.05, 4.69) is 5.32 Å². The highest BCUT2D eigenvalue weighted by molar-refractivity contribution is 8.00. The van der Waals surface area contributed by atoms with Crippen LogP contribution >= 0.6 is 11.8 Å². The Morgan fingerprint density at radius 3 is 2.83 bits per heavy atom. The third-order valence-corrected chi connectivity index (χ3v) is 4.20. The van der Waals surface area contributed by atoms with E-state index in [4.69, 9.17) is 0 Å². The third kappa shape index (κ3) is 1.93. The molecule has 0 saturated heterocycles. The molecule has 1 aliphatic heterocycles. The van der Waals surface area contributed by atoms with Gasteiger partial charge in [-0.15, -0.1) is 0 Å². The number of hydrogen-bond acceptors (Lipinski definition) is 3. The van der Waals surface area contributed by atoms with Gasteiger partial charge in [0.15, 0.2) is 0 Å². The summed E-state index contributed by atoms with van der Waals surface area (Å²) >= 11 is 1.62. The van der Waals surface area contributed by atoms with Gasteiger partial charge >= 0.3 is 0 Å². The molecule has 0 spiro atoms. The maximum Gasteiger partial charge on any atom is 0.126 e. The molecule has 2 aromatic carbocycles. The van der Waals surface area contributed by atoms with Gasteiger partial charge in [0.1, 0.15) is 16.9 Å². The van der Waals surface area contributed by atoms with Gasteiger partial charge in [0.25, 0.3) is 0 Å². The Hall–Kier alpha value is -1.68. The van der Waals surface area contributed by atoms with Crippen LogP contribution < -0.4 is 5.32 Å². The molecule has 4 heteroatoms. The molecule has 18 heavy (non-hydrogen) atoms. The quantitative estimate of drug-likeness (QED) is 0.759. The van der Waals surface area contributed by atoms with Crippen LogP contribution in [0.4, 0.5) is 10.1 Å². The molecule has 0 radical (unpaired) electrons. The van der Waals surface area contributed by atoms with Crippen LogP contribution in [0.5, 0.6) is 5.75 Å². The molecule has 0 aromatic heterocycles. The highest BCUT2D eigenvalue weighted by atomic mass is 32.2. The Morgan fingerprint density at radius 2 is 2.06 bits per heavy atom. The van der Waals surface area contributed by atoms with Gasteiger partial charge in [-0.25, -0.2) is 4.39 Å². The first kappa shape index (κ1) is 11.4. The summed E-state index contributed by atoms with van der Waals surface area (Å²) in [7, 11) is 0. The molecule has 0 fully saturated rings. The van der Waals surface area contributed by atoms with E-state index in [9.17, 15) is 9.50 Å². The fourth-order valence-corrected chi connectivity index (χ4v) is 3.17. The van der Waals surface area contributed by atoms with E-state index in [0.29, 0.717) is 5.56 Å². The molecule has 2 aromatic rings. The molecule has 1 atom stereocenters. The van der Waals surface area contributed by atoms with Crippen molar-refractivity contribution < 1.29 is 9.50 Å². The van der Waals surface area contributed by atoms with Gasteiger partial charge in [-0.2, -0.15) is 0 Å². The third-order valence-electron chi connectivity index (χ3n) is 2.98. The number of aromatic hydroxyl groups is 1. The number of thioether (sulfide) groups is 1. The lowest BCUT2D eigenvalue weighted by Gasteiger charge is -2.11. The smallest absolute Gasteiger partial charge is 0.126 e. The average molecular weight is 261 g/mol. The second-order valence-electron chi connectivity index (χ2n) is 4.33. The minimum Gasteiger partial charge on any atom is -0.508 e. The molecule has 3 rings (SSSR count). The number of aryl methyl sites for hydroxylation is 1. The lowest BCUT2D eigenvalue weighted by molar-refractivity contribution is 0.474. The van der Waals surface area contributed by atoms with Crippen molar-refractivity contribution in [1.82, 2.24) is 0 Å². The summed E-state index contributed by atoms with van der Waals surface area (Å²) in [5.74, 6) is 0.0795. The van der Waals surface area contributed by atoms with Gasteiger partial charge in [0.2, 0.25) is 0 Å². The number of nitrogens with one attached hydrogen (secondary N) is 1. The number of hydrogen-bond donors (Lipinski definition) is 2. The van der Waals surface area contributed by atoms with Crippen molar-refractivity contribution in [3.63, 3.8) is 0 Å². The van der Waals surface area contributed by atoms with Gasteiger partial charge < -0.3 is 10.4 Å². The number of phenols is 1. The van der Waals surface area contributed by atoms with Crippen molar-refractivity contribution in [2.75, 3.05) is 5.32 Å². The van der Waals surface area contributed by atoms with Gasteiger partial charge in [-0.05, 0) is 42.3 Å². The summed E-state index contributed by atoms with van der Waals surface area (Å²) in [6.07, 6.45) is 0. The number of fused-ring (bicyclic) bond motifs is 1. The van der Waals surface area contributed by atoms with E-state index in [0.717, 1.165) is 16.1 Å². The number of halogens is 1. The van der Waals surface area contributed by atoms with Crippen molar-refractivity contribution in [3.05, 3.63) is 53.3 Å². The minimum atomic E-state index is -0.183. The number of anilines is 1. The first-order valence-corrected chi connectivity index (χ1v) is 6.54. The van der Waals surface area contributed by atoms with Crippen LogP contribution in [0, 0.1) is 12.7 Å². The highest BCUT2D eigenvalue weighted by Gasteiger charge is 2.23. The Balaban J connectivity index is 1.91. The lowest BCUT2D eigenvalue weighted by Crippen LogP contribution is -2.01. The van der Waals surface area contributed by atoms with Crippen LogP contribution in [0.2, 0.25) is 0 Å². The molecule has 1 heterocycles. The van der Waals surface area contributed by atoms with Crippen molar-refractivity contribution in [2.45, 2.75) is 17.2 Å². The van der Waals surface area contributed by atoms with Crippen molar-refractivity contribution in [2.24, 2.45) is 0 Å². The highest BCUT2D eigenvalue weighted by Crippen LogP contribution is 2.47. The molecule has 0 aliphatic carbocycles. The summed E-state index contributed by atoms with van der Waals surface area (Å²) in [6.45, 7) is 1.76. The summed E-state index contributed by atoms with van der Waals surface area (Å²) in [5, 5.41) is 12.9. The zero-order chi connectivity index (χ0) is 12.7. The lowest BCUT2D eigenvalue weighted by atomic mass is 10.1. The first-order chi connectivity index (χ1) is 8.63. The van der Waals surface area contributed by atoms with E-state index in [-0.39, 0.29) is 16.9 Å². The Labute approximate surface area is 109 Å². The zero-order valence-corrected chi connectivity index (χ0v) is 10.6. The molecular formula is C14H12FNOS. The normalized spacial score (nSPS) is 17.3. The number of phenolic OH excluding ortho intramolecular Hbond substituents is 1. The SMILES string of the molecule is Cc1cc(C2Nc3ccc(O)cc3S2)ccc1F. The second kappa shape index (κ2) is 4.21. The second-order valence-corrected chi connectivity index (χ2v) is 5.48. The van der Waals surface area contributed by atoms with E-state index in [1.54, 1.807) is 36.9 Å². The molecule has 0 bridgehead atoms. The molecule has 1 aliphatic rings. The first-order valence-electron chi connectivity index (χ1n) is 5.66. The van der Waals surface area contributed by atoms with Gasteiger partial charge in [0.05, 0.1) is 0 Å². The van der Waals surface area contributed by atoms with Crippen LogP contribution in [-0.2, 0) is 0 Å². The molecular weight excluding hydrogens is 249 g/mol. The van der Waals surface area contributed by atoms with E-state index >= 15 is 0 Å². The van der Waals surface area contributed by atoms with Crippen molar-refractivity contribution in [3.8, 4) is 5.75 Å². The predicted molar refractivity (Wildman–Crippen MR) is 71.5 cm³/mol. The largest absolute Gasteiger partial charge is 0.508 e. The standard InChI is InChI=1S/C14H12FNOS/c1-8-6-9(2-4-11(8)15)14-16-12-5-3-10(17)7-13(12)18-14/h2-7,14,16-17H,1H3. The van der Waals surface area contributed by atoms with Crippen LogP contribution in [0.15, 0.2) is 41.3 Å². The van der Waals surface area contributed by atoms with E-state index in [1.807, 2.05) is 12.1 Å². The molecule has 2 nitrogen and oxygen atoms in total. The van der Waals surface area contributed by atoms with E-state index in [1.165, 1.54) is 6.07 Å². The molecule has 0 amide bonds. The Bertz CT molecular complexity index is 615. The summed E-state index contributed by atoms with van der Waals surface area (Å²) in [6, 6.07) is 10.4. The summed E-state index contributed by atoms with van der Waals surface area (Å²) in [5.41, 5.74) is 2.69. The Kier molecular flexibility index (Phi) is 2.67. The minimum absolute atomic E-state index is 0.0705. The number of rotatable bonds is 1. The van der Waals surface area contributed by atoms with Crippen LogP contribution in [0.1, 0.15) is 16.5 Å². The summed E-state index contributed by atoms with van der Waals surface area (Å²) in [4.78, 5) is 1.02. The van der Waals surface area contributed by atoms with Crippen LogP contribution in [0.25, 0.3) is 0 Å². The molecule has 92 valence electrons. The van der Waals surface area contributed by atoms with Crippen LogP contribution in [-0.4, -0.2) is 5.11 Å². The van der Waals surface area contributed by atoms with E-state index < -0.39 is 0 Å². The fraction of sp³-hybridized carbons (Fsp3) is 0.143. The monoisotopic (exact) mass is 261 g/mol. The molecule has 2 N–H and O–H groups in total. The number of benzene rings is 2. The maximum atomic E-state index is 13.2. The topological polar surface area (TPSA) is 32.3 Å². The fourth-order valence-electron chi connectivity index (χ4n) is 2.01. The predicted octanol–water partition coefficient (Wildman–Crippen LogP) is 4.06. The average Bonchev–Trinajstić information content (AvgIpc) is 2.75. The molecule has 1 unspecified atom stereocenters. The maximum absolute atomic E-state index is 13.2. The van der Waals surface area contributed by atoms with Gasteiger partial charge in [-0.3, -0.25) is 0 Å². The van der Waals surface area contributed by atoms with Gasteiger partial charge in [-0.1, -0.05) is 23.9 Å². The van der Waals surface area contributed by atoms with Crippen molar-refractivity contribution in [1.29, 1.82) is 0 Å². The van der Waals surface area contributed by atoms with Crippen molar-refractivity contribution >= 4 is 17.4 Å². The molecule has 0 saturated carbocycles. The zero-order valence-electron chi connectivity index (χ0n) is 9.77. The van der Waals surface area contributed by atoms with Gasteiger partial charge in [0, 0.05) is 10.6 Å². The Morgan fingerprint density at radius 1 is 1.22 bits per heavy atom. The van der Waals surface area contributed by atoms with Crippen LogP contribution in [0.3, 0.4) is 0 Å².